The van der Waals surface area contributed by atoms with E-state index in [1.54, 1.807) is 0 Å². The number of nitrogens with two attached hydrogens (primary N) is 1. The van der Waals surface area contributed by atoms with Crippen LogP contribution in [-0.2, 0) is 6.54 Å². The molecule has 0 unspecified atom stereocenters. The van der Waals surface area contributed by atoms with Gasteiger partial charge in [0, 0.05) is 19.0 Å². The second-order valence-electron chi connectivity index (χ2n) is 4.75. The van der Waals surface area contributed by atoms with Crippen LogP contribution in [0.5, 0.6) is 0 Å². The fraction of sp³-hybridized carbons (Fsp3) is 0.667. The van der Waals surface area contributed by atoms with Crippen LogP contribution in [0.1, 0.15) is 49.0 Å². The molecule has 0 radical (unpaired) electrons. The van der Waals surface area contributed by atoms with E-state index in [9.17, 15) is 9.59 Å². The number of hydrogen-bond donors (Lipinski definition) is 2. The summed E-state index contributed by atoms with van der Waals surface area (Å²) in [5, 5.41) is 2.52. The average Bonchev–Trinajstić information content (AvgIpc) is 2.72. The molecule has 0 saturated heterocycles. The summed E-state index contributed by atoms with van der Waals surface area (Å²) in [6.07, 6.45) is 6.45. The minimum Gasteiger partial charge on any atom is -0.325 e. The number of H-pyrrole nitrogens is 1. The van der Waals surface area contributed by atoms with Crippen molar-refractivity contribution >= 4 is 5.91 Å². The van der Waals surface area contributed by atoms with Crippen LogP contribution in [0.4, 0.5) is 0 Å². The zero-order chi connectivity index (χ0) is 12.3. The Kier molecular flexibility index (Phi) is 3.78. The summed E-state index contributed by atoms with van der Waals surface area (Å²) < 4.78 is 1.32. The fourth-order valence-corrected chi connectivity index (χ4v) is 2.53. The molecule has 0 aliphatic heterocycles. The van der Waals surface area contributed by atoms with Gasteiger partial charge in [0.15, 0.2) is 0 Å². The SMILES string of the molecule is NCc1cc(=O)[nH]n1C(=O)CC1CCCCC1. The maximum atomic E-state index is 12.0. The molecule has 17 heavy (non-hydrogen) atoms. The van der Waals surface area contributed by atoms with E-state index in [0.29, 0.717) is 18.0 Å². The van der Waals surface area contributed by atoms with Crippen molar-refractivity contribution in [2.45, 2.75) is 45.1 Å². The molecule has 2 rings (SSSR count). The van der Waals surface area contributed by atoms with E-state index in [1.165, 1.54) is 30.0 Å². The molecule has 3 N–H and O–H groups in total. The summed E-state index contributed by atoms with van der Waals surface area (Å²) in [6, 6.07) is 1.39. The Bertz CT molecular complexity index is 441. The molecule has 5 nitrogen and oxygen atoms in total. The summed E-state index contributed by atoms with van der Waals surface area (Å²) in [5.74, 6) is 0.423. The van der Waals surface area contributed by atoms with Gasteiger partial charge in [0.05, 0.1) is 5.69 Å². The van der Waals surface area contributed by atoms with E-state index < -0.39 is 0 Å². The normalized spacial score (nSPS) is 17.2. The Morgan fingerprint density at radius 2 is 2.12 bits per heavy atom. The summed E-state index contributed by atoms with van der Waals surface area (Å²) >= 11 is 0. The van der Waals surface area contributed by atoms with Gasteiger partial charge < -0.3 is 5.73 Å². The average molecular weight is 237 g/mol. The molecule has 94 valence electrons. The topological polar surface area (TPSA) is 80.9 Å². The van der Waals surface area contributed by atoms with E-state index in [2.05, 4.69) is 5.10 Å². The molecule has 1 aliphatic rings. The van der Waals surface area contributed by atoms with Crippen LogP contribution in [0.2, 0.25) is 0 Å². The van der Waals surface area contributed by atoms with Gasteiger partial charge >= 0.3 is 0 Å². The number of carbonyl (C=O) groups is 1. The van der Waals surface area contributed by atoms with Gasteiger partial charge in [-0.2, -0.15) is 0 Å². The Labute approximate surface area is 100.0 Å². The molecule has 0 amide bonds. The molecule has 0 bridgehead atoms. The van der Waals surface area contributed by atoms with Gasteiger partial charge in [0.25, 0.3) is 5.56 Å². The lowest BCUT2D eigenvalue weighted by atomic mass is 9.87. The van der Waals surface area contributed by atoms with Crippen LogP contribution < -0.4 is 11.3 Å². The highest BCUT2D eigenvalue weighted by atomic mass is 16.2. The van der Waals surface area contributed by atoms with E-state index in [0.717, 1.165) is 12.8 Å². The van der Waals surface area contributed by atoms with E-state index in [4.69, 9.17) is 5.73 Å². The van der Waals surface area contributed by atoms with Crippen molar-refractivity contribution in [1.29, 1.82) is 0 Å². The van der Waals surface area contributed by atoms with Gasteiger partial charge in [-0.1, -0.05) is 19.3 Å². The molecule has 0 spiro atoms. The molecule has 1 heterocycles. The van der Waals surface area contributed by atoms with Crippen molar-refractivity contribution in [3.63, 3.8) is 0 Å². The lowest BCUT2D eigenvalue weighted by Gasteiger charge is -2.20. The van der Waals surface area contributed by atoms with Gasteiger partial charge in [-0.05, 0) is 18.8 Å². The highest BCUT2D eigenvalue weighted by molar-refractivity contribution is 5.78. The van der Waals surface area contributed by atoms with Crippen molar-refractivity contribution in [2.24, 2.45) is 11.7 Å². The number of rotatable bonds is 3. The number of nitrogens with one attached hydrogen (secondary N) is 1. The van der Waals surface area contributed by atoms with Crippen molar-refractivity contribution < 1.29 is 4.79 Å². The summed E-state index contributed by atoms with van der Waals surface area (Å²) in [4.78, 5) is 23.2. The quantitative estimate of drug-likeness (QED) is 0.830. The zero-order valence-electron chi connectivity index (χ0n) is 9.95. The lowest BCUT2D eigenvalue weighted by Crippen LogP contribution is -2.22. The molecule has 1 fully saturated rings. The molecule has 0 aromatic carbocycles. The van der Waals surface area contributed by atoms with E-state index in [1.807, 2.05) is 0 Å². The maximum absolute atomic E-state index is 12.0. The van der Waals surface area contributed by atoms with Gasteiger partial charge in [0.1, 0.15) is 0 Å². The van der Waals surface area contributed by atoms with Gasteiger partial charge in [-0.3, -0.25) is 14.7 Å². The van der Waals surface area contributed by atoms with E-state index >= 15 is 0 Å². The van der Waals surface area contributed by atoms with E-state index in [-0.39, 0.29) is 18.0 Å². The van der Waals surface area contributed by atoms with Gasteiger partial charge in [0.2, 0.25) is 5.91 Å². The largest absolute Gasteiger partial charge is 0.325 e. The Morgan fingerprint density at radius 3 is 2.76 bits per heavy atom. The lowest BCUT2D eigenvalue weighted by molar-refractivity contribution is 0.0847. The molecule has 5 heteroatoms. The first-order valence-corrected chi connectivity index (χ1v) is 6.25. The zero-order valence-corrected chi connectivity index (χ0v) is 9.95. The maximum Gasteiger partial charge on any atom is 0.264 e. The highest BCUT2D eigenvalue weighted by Gasteiger charge is 2.19. The molecule has 1 aliphatic carbocycles. The molecule has 1 saturated carbocycles. The fourth-order valence-electron chi connectivity index (χ4n) is 2.53. The first-order valence-electron chi connectivity index (χ1n) is 6.25. The van der Waals surface area contributed by atoms with Crippen LogP contribution >= 0.6 is 0 Å². The first kappa shape index (κ1) is 12.1. The minimum atomic E-state index is -0.262. The number of hydrogen-bond acceptors (Lipinski definition) is 3. The van der Waals surface area contributed by atoms with Crippen molar-refractivity contribution in [3.8, 4) is 0 Å². The predicted molar refractivity (Wildman–Crippen MR) is 64.8 cm³/mol. The van der Waals surface area contributed by atoms with Gasteiger partial charge in [-0.15, -0.1) is 0 Å². The monoisotopic (exact) mass is 237 g/mol. The first-order chi connectivity index (χ1) is 8.20. The third-order valence-electron chi connectivity index (χ3n) is 3.45. The number of aromatic amines is 1. The third kappa shape index (κ3) is 2.85. The predicted octanol–water partition coefficient (Wildman–Crippen LogP) is 1.25. The Morgan fingerprint density at radius 1 is 1.41 bits per heavy atom. The second-order valence-corrected chi connectivity index (χ2v) is 4.75. The second kappa shape index (κ2) is 5.31. The molecule has 1 aromatic rings. The van der Waals surface area contributed by atoms with Crippen molar-refractivity contribution in [1.82, 2.24) is 9.78 Å². The van der Waals surface area contributed by atoms with Crippen LogP contribution in [0.25, 0.3) is 0 Å². The summed E-state index contributed by atoms with van der Waals surface area (Å²) in [6.45, 7) is 0.204. The highest BCUT2D eigenvalue weighted by Crippen LogP contribution is 2.26. The Hall–Kier alpha value is -1.36. The van der Waals surface area contributed by atoms with Crippen LogP contribution in [0.15, 0.2) is 10.9 Å². The van der Waals surface area contributed by atoms with Crippen LogP contribution in [-0.4, -0.2) is 15.7 Å². The molecular formula is C12H19N3O2. The van der Waals surface area contributed by atoms with Gasteiger partial charge in [-0.25, -0.2) is 4.68 Å². The summed E-state index contributed by atoms with van der Waals surface area (Å²) in [5.41, 5.74) is 5.81. The molecule has 1 aromatic heterocycles. The van der Waals surface area contributed by atoms with Crippen LogP contribution in [0.3, 0.4) is 0 Å². The Balaban J connectivity index is 2.05. The minimum absolute atomic E-state index is 0.0422. The molecule has 0 atom stereocenters. The number of aromatic nitrogens is 2. The van der Waals surface area contributed by atoms with Crippen molar-refractivity contribution in [2.75, 3.05) is 0 Å². The smallest absolute Gasteiger partial charge is 0.264 e. The van der Waals surface area contributed by atoms with Crippen LogP contribution in [0, 0.1) is 5.92 Å². The number of nitrogens with zero attached hydrogens (tertiary/aromatic N) is 1. The summed E-state index contributed by atoms with van der Waals surface area (Å²) in [7, 11) is 0. The third-order valence-corrected chi connectivity index (χ3v) is 3.45. The number of carbonyl (C=O) groups excluding carboxylic acids is 1. The molecular weight excluding hydrogens is 218 g/mol. The standard InChI is InChI=1S/C12H19N3O2/c13-8-10-7-11(16)14-15(10)12(17)6-9-4-2-1-3-5-9/h7,9H,1-6,8,13H2,(H,14,16). The van der Waals surface area contributed by atoms with Crippen molar-refractivity contribution in [3.05, 3.63) is 22.1 Å².